The third-order valence-electron chi connectivity index (χ3n) is 4.09. The maximum absolute atomic E-state index is 12.1. The van der Waals surface area contributed by atoms with E-state index in [1.54, 1.807) is 19.9 Å². The largest absolute Gasteiger partial charge is 0.360 e. The van der Waals surface area contributed by atoms with Gasteiger partial charge in [-0.15, -0.1) is 0 Å². The fourth-order valence-corrected chi connectivity index (χ4v) is 2.88. The predicted octanol–water partition coefficient (Wildman–Crippen LogP) is 0.819. The van der Waals surface area contributed by atoms with E-state index in [0.717, 1.165) is 19.5 Å². The van der Waals surface area contributed by atoms with Gasteiger partial charge in [-0.1, -0.05) is 10.3 Å². The summed E-state index contributed by atoms with van der Waals surface area (Å²) in [5.74, 6) is 2.31. The van der Waals surface area contributed by atoms with Gasteiger partial charge in [0.25, 0.3) is 0 Å². The Bertz CT molecular complexity index is 697. The molecule has 0 aromatic carbocycles. The standard InChI is InChI=1S/C15H22N6O3/c1-10-6-13(18-23-10)17-15(22)9-21-5-4-12(7-21)20(3)8-14-16-11(2)24-19-14/h6,12H,4-5,7-9H2,1-3H3,(H,17,18,22). The van der Waals surface area contributed by atoms with Crippen LogP contribution in [0.2, 0.25) is 0 Å². The molecule has 1 saturated heterocycles. The second-order valence-electron chi connectivity index (χ2n) is 6.19. The summed E-state index contributed by atoms with van der Waals surface area (Å²) < 4.78 is 9.93. The van der Waals surface area contributed by atoms with Crippen LogP contribution in [0.3, 0.4) is 0 Å². The lowest BCUT2D eigenvalue weighted by Crippen LogP contribution is -2.37. The van der Waals surface area contributed by atoms with Gasteiger partial charge in [-0.3, -0.25) is 14.6 Å². The maximum atomic E-state index is 12.1. The fraction of sp³-hybridized carbons (Fsp3) is 0.600. The van der Waals surface area contributed by atoms with Crippen LogP contribution in [0.25, 0.3) is 0 Å². The van der Waals surface area contributed by atoms with Gasteiger partial charge in [0, 0.05) is 32.1 Å². The number of anilines is 1. The molecule has 24 heavy (non-hydrogen) atoms. The lowest BCUT2D eigenvalue weighted by Gasteiger charge is -2.23. The molecule has 0 bridgehead atoms. The van der Waals surface area contributed by atoms with Crippen molar-refractivity contribution in [2.24, 2.45) is 0 Å². The normalized spacial score (nSPS) is 18.4. The monoisotopic (exact) mass is 334 g/mol. The molecule has 1 amide bonds. The highest BCUT2D eigenvalue weighted by atomic mass is 16.5. The van der Waals surface area contributed by atoms with Gasteiger partial charge in [-0.2, -0.15) is 4.98 Å². The van der Waals surface area contributed by atoms with Crippen molar-refractivity contribution in [3.8, 4) is 0 Å². The number of hydrogen-bond donors (Lipinski definition) is 1. The van der Waals surface area contributed by atoms with E-state index in [0.29, 0.717) is 42.4 Å². The van der Waals surface area contributed by atoms with Gasteiger partial charge in [0.2, 0.25) is 11.8 Å². The first-order valence-corrected chi connectivity index (χ1v) is 7.94. The summed E-state index contributed by atoms with van der Waals surface area (Å²) in [6.45, 7) is 6.26. The number of carbonyl (C=O) groups is 1. The number of amides is 1. The van der Waals surface area contributed by atoms with Crippen molar-refractivity contribution in [1.82, 2.24) is 25.1 Å². The fourth-order valence-electron chi connectivity index (χ4n) is 2.88. The van der Waals surface area contributed by atoms with Gasteiger partial charge in [-0.25, -0.2) is 0 Å². The SMILES string of the molecule is Cc1cc(NC(=O)CN2CCC(N(C)Cc3noc(C)n3)C2)no1. The number of hydrogen-bond acceptors (Lipinski definition) is 8. The van der Waals surface area contributed by atoms with E-state index in [-0.39, 0.29) is 5.91 Å². The molecule has 2 aromatic heterocycles. The summed E-state index contributed by atoms with van der Waals surface area (Å²) in [7, 11) is 2.04. The maximum Gasteiger partial charge on any atom is 0.239 e. The van der Waals surface area contributed by atoms with Gasteiger partial charge < -0.3 is 14.4 Å². The van der Waals surface area contributed by atoms with Crippen LogP contribution < -0.4 is 5.32 Å². The Balaban J connectivity index is 1.45. The average Bonchev–Trinajstić information content (AvgIpc) is 3.22. The summed E-state index contributed by atoms with van der Waals surface area (Å²) in [5, 5.41) is 10.4. The third kappa shape index (κ3) is 4.18. The molecular formula is C15H22N6O3. The molecular weight excluding hydrogens is 312 g/mol. The lowest BCUT2D eigenvalue weighted by atomic mass is 10.2. The quantitative estimate of drug-likeness (QED) is 0.828. The van der Waals surface area contributed by atoms with Crippen LogP contribution in [0.4, 0.5) is 5.82 Å². The van der Waals surface area contributed by atoms with Gasteiger partial charge in [-0.05, 0) is 20.4 Å². The molecule has 0 spiro atoms. The van der Waals surface area contributed by atoms with E-state index in [1.165, 1.54) is 0 Å². The van der Waals surface area contributed by atoms with Crippen LogP contribution in [-0.2, 0) is 11.3 Å². The first-order chi connectivity index (χ1) is 11.5. The zero-order chi connectivity index (χ0) is 17.1. The van der Waals surface area contributed by atoms with Crippen LogP contribution in [0.1, 0.15) is 23.9 Å². The van der Waals surface area contributed by atoms with E-state index in [9.17, 15) is 4.79 Å². The Kier molecular flexibility index (Phi) is 4.91. The Hall–Kier alpha value is -2.26. The Morgan fingerprint density at radius 2 is 2.25 bits per heavy atom. The molecule has 9 nitrogen and oxygen atoms in total. The van der Waals surface area contributed by atoms with Crippen molar-refractivity contribution in [1.29, 1.82) is 0 Å². The molecule has 0 aliphatic carbocycles. The highest BCUT2D eigenvalue weighted by Gasteiger charge is 2.27. The van der Waals surface area contributed by atoms with Crippen LogP contribution in [0, 0.1) is 13.8 Å². The molecule has 3 heterocycles. The van der Waals surface area contributed by atoms with Crippen LogP contribution in [0.15, 0.2) is 15.1 Å². The second kappa shape index (κ2) is 7.10. The van der Waals surface area contributed by atoms with Gasteiger partial charge in [0.1, 0.15) is 5.76 Å². The minimum atomic E-state index is -0.0830. The van der Waals surface area contributed by atoms with E-state index >= 15 is 0 Å². The number of rotatable bonds is 6. The van der Waals surface area contributed by atoms with Crippen LogP contribution in [-0.4, -0.2) is 63.7 Å². The van der Waals surface area contributed by atoms with Crippen LogP contribution in [0.5, 0.6) is 0 Å². The molecule has 1 atom stereocenters. The minimum absolute atomic E-state index is 0.0830. The van der Waals surface area contributed by atoms with Gasteiger partial charge >= 0.3 is 0 Å². The molecule has 130 valence electrons. The first-order valence-electron chi connectivity index (χ1n) is 7.94. The first kappa shape index (κ1) is 16.6. The highest BCUT2D eigenvalue weighted by Crippen LogP contribution is 2.16. The van der Waals surface area contributed by atoms with E-state index in [2.05, 4.69) is 30.4 Å². The Morgan fingerprint density at radius 3 is 2.92 bits per heavy atom. The Morgan fingerprint density at radius 1 is 1.42 bits per heavy atom. The molecule has 1 fully saturated rings. The molecule has 0 saturated carbocycles. The second-order valence-corrected chi connectivity index (χ2v) is 6.19. The van der Waals surface area contributed by atoms with Crippen molar-refractivity contribution in [2.45, 2.75) is 32.9 Å². The van der Waals surface area contributed by atoms with Crippen molar-refractivity contribution in [3.63, 3.8) is 0 Å². The summed E-state index contributed by atoms with van der Waals surface area (Å²) in [4.78, 5) is 20.6. The minimum Gasteiger partial charge on any atom is -0.360 e. The number of nitrogens with one attached hydrogen (secondary N) is 1. The number of nitrogens with zero attached hydrogens (tertiary/aromatic N) is 5. The van der Waals surface area contributed by atoms with Crippen molar-refractivity contribution < 1.29 is 13.8 Å². The zero-order valence-corrected chi connectivity index (χ0v) is 14.2. The summed E-state index contributed by atoms with van der Waals surface area (Å²) in [5.41, 5.74) is 0. The average molecular weight is 334 g/mol. The lowest BCUT2D eigenvalue weighted by molar-refractivity contribution is -0.117. The molecule has 1 unspecified atom stereocenters. The number of carbonyl (C=O) groups excluding carboxylic acids is 1. The molecule has 0 radical (unpaired) electrons. The van der Waals surface area contributed by atoms with Crippen molar-refractivity contribution in [2.75, 3.05) is 32.0 Å². The van der Waals surface area contributed by atoms with Crippen molar-refractivity contribution >= 4 is 11.7 Å². The van der Waals surface area contributed by atoms with Gasteiger partial charge in [0.05, 0.1) is 13.1 Å². The molecule has 1 aliphatic rings. The number of aromatic nitrogens is 3. The number of likely N-dealkylation sites (N-methyl/N-ethyl adjacent to an activating group) is 1. The predicted molar refractivity (Wildman–Crippen MR) is 85.2 cm³/mol. The zero-order valence-electron chi connectivity index (χ0n) is 14.2. The topological polar surface area (TPSA) is 101 Å². The number of aryl methyl sites for hydroxylation is 2. The summed E-state index contributed by atoms with van der Waals surface area (Å²) >= 11 is 0. The van der Waals surface area contributed by atoms with Crippen LogP contribution >= 0.6 is 0 Å². The number of likely N-dealkylation sites (tertiary alicyclic amines) is 1. The highest BCUT2D eigenvalue weighted by molar-refractivity contribution is 5.91. The summed E-state index contributed by atoms with van der Waals surface area (Å²) in [6.07, 6.45) is 1.00. The molecule has 1 aliphatic heterocycles. The molecule has 2 aromatic rings. The molecule has 9 heteroatoms. The molecule has 1 N–H and O–H groups in total. The summed E-state index contributed by atoms with van der Waals surface area (Å²) in [6, 6.07) is 2.07. The van der Waals surface area contributed by atoms with E-state index < -0.39 is 0 Å². The van der Waals surface area contributed by atoms with Gasteiger partial charge in [0.15, 0.2) is 11.6 Å². The third-order valence-corrected chi connectivity index (χ3v) is 4.09. The smallest absolute Gasteiger partial charge is 0.239 e. The van der Waals surface area contributed by atoms with E-state index in [1.807, 2.05) is 7.05 Å². The van der Waals surface area contributed by atoms with Crippen molar-refractivity contribution in [3.05, 3.63) is 23.5 Å². The molecule has 3 rings (SSSR count). The van der Waals surface area contributed by atoms with E-state index in [4.69, 9.17) is 9.05 Å². The Labute approximate surface area is 140 Å².